The van der Waals surface area contributed by atoms with E-state index in [1.165, 1.54) is 6.07 Å². The van der Waals surface area contributed by atoms with Crippen LogP contribution in [0.3, 0.4) is 0 Å². The number of benzene rings is 1. The molecule has 9 heteroatoms. The van der Waals surface area contributed by atoms with Crippen molar-refractivity contribution in [3.8, 4) is 5.75 Å². The molecule has 1 amide bonds. The Labute approximate surface area is 185 Å². The highest BCUT2D eigenvalue weighted by molar-refractivity contribution is 5.86. The van der Waals surface area contributed by atoms with Crippen LogP contribution in [0.5, 0.6) is 5.75 Å². The van der Waals surface area contributed by atoms with Gasteiger partial charge < -0.3 is 24.4 Å². The number of hydrogen-bond acceptors (Lipinski definition) is 5. The van der Waals surface area contributed by atoms with Crippen LogP contribution in [0.2, 0.25) is 0 Å². The van der Waals surface area contributed by atoms with Crippen molar-refractivity contribution in [3.05, 3.63) is 29.3 Å². The van der Waals surface area contributed by atoms with Gasteiger partial charge in [-0.1, -0.05) is 6.92 Å². The van der Waals surface area contributed by atoms with Gasteiger partial charge in [-0.05, 0) is 43.9 Å². The molecule has 6 nitrogen and oxygen atoms in total. The van der Waals surface area contributed by atoms with E-state index in [0.717, 1.165) is 31.4 Å². The number of fused-ring (bicyclic) bond motifs is 2. The van der Waals surface area contributed by atoms with E-state index in [1.807, 2.05) is 6.92 Å². The number of ether oxygens (including phenoxy) is 3. The van der Waals surface area contributed by atoms with E-state index >= 15 is 0 Å². The second kappa shape index (κ2) is 7.88. The van der Waals surface area contributed by atoms with Crippen molar-refractivity contribution in [1.82, 2.24) is 10.2 Å². The molecule has 0 aromatic heterocycles. The van der Waals surface area contributed by atoms with Crippen molar-refractivity contribution >= 4 is 5.91 Å². The van der Waals surface area contributed by atoms with Crippen LogP contribution in [-0.4, -0.2) is 55.5 Å². The van der Waals surface area contributed by atoms with Gasteiger partial charge in [0.05, 0.1) is 30.2 Å². The Morgan fingerprint density at radius 1 is 1.28 bits per heavy atom. The average molecular weight is 454 g/mol. The number of methoxy groups -OCH3 is 1. The van der Waals surface area contributed by atoms with Crippen molar-refractivity contribution in [2.75, 3.05) is 20.3 Å². The molecular formula is C23H29F3N2O4. The SMILES string of the molecule is CO[C@@H]1COCC[C@@H]1N[C@@H]1CC[C@@]2(C1)C(=O)N1Cc3cc(C(F)(F)F)ccc3OC1C2C. The van der Waals surface area contributed by atoms with Gasteiger partial charge >= 0.3 is 6.18 Å². The Bertz CT molecular complexity index is 894. The quantitative estimate of drug-likeness (QED) is 0.759. The number of hydrogen-bond donors (Lipinski definition) is 1. The summed E-state index contributed by atoms with van der Waals surface area (Å²) in [5.74, 6) is 0.386. The first-order valence-electron chi connectivity index (χ1n) is 11.3. The number of halogens is 3. The summed E-state index contributed by atoms with van der Waals surface area (Å²) in [6.45, 7) is 3.43. The zero-order valence-electron chi connectivity index (χ0n) is 18.3. The lowest BCUT2D eigenvalue weighted by molar-refractivity contribution is -0.140. The van der Waals surface area contributed by atoms with Crippen LogP contribution in [0.25, 0.3) is 0 Å². The van der Waals surface area contributed by atoms with Crippen LogP contribution in [0, 0.1) is 11.3 Å². The van der Waals surface area contributed by atoms with Crippen molar-refractivity contribution in [2.24, 2.45) is 11.3 Å². The van der Waals surface area contributed by atoms with E-state index in [-0.39, 0.29) is 36.6 Å². The highest BCUT2D eigenvalue weighted by Gasteiger charge is 2.61. The minimum Gasteiger partial charge on any atom is -0.470 e. The number of rotatable bonds is 3. The molecule has 3 aliphatic heterocycles. The van der Waals surface area contributed by atoms with Crippen molar-refractivity contribution in [2.45, 2.75) is 69.7 Å². The fourth-order valence-electron chi connectivity index (χ4n) is 6.04. The van der Waals surface area contributed by atoms with Crippen LogP contribution in [0.4, 0.5) is 13.2 Å². The van der Waals surface area contributed by atoms with Crippen LogP contribution >= 0.6 is 0 Å². The summed E-state index contributed by atoms with van der Waals surface area (Å²) in [7, 11) is 1.68. The van der Waals surface area contributed by atoms with Crippen molar-refractivity contribution in [3.63, 3.8) is 0 Å². The van der Waals surface area contributed by atoms with E-state index < -0.39 is 23.4 Å². The van der Waals surface area contributed by atoms with Gasteiger partial charge in [-0.3, -0.25) is 4.79 Å². The molecule has 32 heavy (non-hydrogen) atoms. The summed E-state index contributed by atoms with van der Waals surface area (Å²) in [4.78, 5) is 15.2. The smallest absolute Gasteiger partial charge is 0.416 e. The molecule has 2 saturated heterocycles. The molecule has 1 aromatic rings. The number of amides is 1. The Morgan fingerprint density at radius 2 is 2.09 bits per heavy atom. The van der Waals surface area contributed by atoms with Gasteiger partial charge in [-0.15, -0.1) is 0 Å². The largest absolute Gasteiger partial charge is 0.470 e. The molecule has 176 valence electrons. The lowest BCUT2D eigenvalue weighted by Gasteiger charge is -2.34. The van der Waals surface area contributed by atoms with Crippen molar-refractivity contribution < 1.29 is 32.2 Å². The molecule has 5 rings (SSSR count). The maximum absolute atomic E-state index is 13.6. The number of alkyl halides is 3. The monoisotopic (exact) mass is 454 g/mol. The molecule has 4 aliphatic rings. The predicted octanol–water partition coefficient (Wildman–Crippen LogP) is 3.33. The Morgan fingerprint density at radius 3 is 2.84 bits per heavy atom. The molecule has 0 radical (unpaired) electrons. The summed E-state index contributed by atoms with van der Waals surface area (Å²) in [6.07, 6.45) is -1.71. The van der Waals surface area contributed by atoms with Gasteiger partial charge in [-0.2, -0.15) is 13.2 Å². The van der Waals surface area contributed by atoms with Crippen LogP contribution in [0.1, 0.15) is 43.7 Å². The van der Waals surface area contributed by atoms with Gasteiger partial charge in [0.15, 0.2) is 6.23 Å². The minimum atomic E-state index is -4.43. The molecule has 6 atom stereocenters. The summed E-state index contributed by atoms with van der Waals surface area (Å²) in [6, 6.07) is 3.89. The molecular weight excluding hydrogens is 425 g/mol. The van der Waals surface area contributed by atoms with Crippen LogP contribution in [-0.2, 0) is 27.0 Å². The third-order valence-electron chi connectivity index (χ3n) is 7.88. The lowest BCUT2D eigenvalue weighted by Crippen LogP contribution is -2.51. The molecule has 1 aliphatic carbocycles. The fraction of sp³-hybridized carbons (Fsp3) is 0.696. The predicted molar refractivity (Wildman–Crippen MR) is 109 cm³/mol. The maximum Gasteiger partial charge on any atom is 0.416 e. The number of carbonyl (C=O) groups excluding carboxylic acids is 1. The van der Waals surface area contributed by atoms with Crippen LogP contribution < -0.4 is 10.1 Å². The highest BCUT2D eigenvalue weighted by Crippen LogP contribution is 2.54. The van der Waals surface area contributed by atoms with Gasteiger partial charge in [0.1, 0.15) is 5.75 Å². The van der Waals surface area contributed by atoms with E-state index in [1.54, 1.807) is 12.0 Å². The lowest BCUT2D eigenvalue weighted by atomic mass is 9.76. The third-order valence-corrected chi connectivity index (χ3v) is 7.88. The van der Waals surface area contributed by atoms with E-state index in [4.69, 9.17) is 14.2 Å². The second-order valence-corrected chi connectivity index (χ2v) is 9.56. The summed E-state index contributed by atoms with van der Waals surface area (Å²) in [5, 5.41) is 3.69. The van der Waals surface area contributed by atoms with Gasteiger partial charge in [0.2, 0.25) is 5.91 Å². The number of nitrogens with zero attached hydrogens (tertiary/aromatic N) is 1. The van der Waals surface area contributed by atoms with Gasteiger partial charge in [-0.25, -0.2) is 0 Å². The first-order valence-corrected chi connectivity index (χ1v) is 11.3. The van der Waals surface area contributed by atoms with E-state index in [0.29, 0.717) is 30.9 Å². The zero-order chi connectivity index (χ0) is 22.7. The molecule has 3 heterocycles. The normalized spacial score (nSPS) is 36.8. The van der Waals surface area contributed by atoms with Gasteiger partial charge in [0, 0.05) is 37.3 Å². The molecule has 1 saturated carbocycles. The topological polar surface area (TPSA) is 60.0 Å². The first kappa shape index (κ1) is 22.0. The van der Waals surface area contributed by atoms with Crippen LogP contribution in [0.15, 0.2) is 18.2 Å². The third kappa shape index (κ3) is 3.49. The Hall–Kier alpha value is -1.84. The number of carbonyl (C=O) groups is 1. The molecule has 3 fully saturated rings. The summed E-state index contributed by atoms with van der Waals surface area (Å²) in [5.41, 5.74) is -0.862. The van der Waals surface area contributed by atoms with Crippen molar-refractivity contribution in [1.29, 1.82) is 0 Å². The molecule has 1 spiro atoms. The molecule has 1 aromatic carbocycles. The Balaban J connectivity index is 1.33. The molecule has 1 N–H and O–H groups in total. The molecule has 0 bridgehead atoms. The summed E-state index contributed by atoms with van der Waals surface area (Å²) >= 11 is 0. The standard InChI is InChI=1S/C23H29F3N2O4/c1-13-20-28(11-14-9-15(23(24,25)26)3-4-18(14)32-20)21(29)22(13)7-5-16(10-22)27-17-6-8-31-12-19(17)30-2/h3-4,9,13,16-17,19-20,27H,5-8,10-12H2,1-2H3/t13?,16-,17+,19-,20?,22+/m1/s1. The van der Waals surface area contributed by atoms with Gasteiger partial charge in [0.25, 0.3) is 0 Å². The second-order valence-electron chi connectivity index (χ2n) is 9.56. The average Bonchev–Trinajstić information content (AvgIpc) is 3.28. The highest BCUT2D eigenvalue weighted by atomic mass is 19.4. The zero-order valence-corrected chi connectivity index (χ0v) is 18.3. The van der Waals surface area contributed by atoms with E-state index in [2.05, 4.69) is 5.32 Å². The summed E-state index contributed by atoms with van der Waals surface area (Å²) < 4.78 is 56.6. The molecule has 2 unspecified atom stereocenters. The number of nitrogens with one attached hydrogen (secondary N) is 1. The first-order chi connectivity index (χ1) is 15.2. The maximum atomic E-state index is 13.6. The minimum absolute atomic E-state index is 0.00219. The fourth-order valence-corrected chi connectivity index (χ4v) is 6.04. The van der Waals surface area contributed by atoms with E-state index in [9.17, 15) is 18.0 Å². The Kier molecular flexibility index (Phi) is 5.41.